The molecular weight excluding hydrogens is 368 g/mol. The van der Waals surface area contributed by atoms with Crippen LogP contribution in [0.25, 0.3) is 0 Å². The van der Waals surface area contributed by atoms with Gasteiger partial charge in [0.15, 0.2) is 0 Å². The Morgan fingerprint density at radius 3 is 2.62 bits per heavy atom. The van der Waals surface area contributed by atoms with E-state index in [4.69, 9.17) is 0 Å². The number of nitrogens with zero attached hydrogens (tertiary/aromatic N) is 2. The van der Waals surface area contributed by atoms with E-state index in [1.165, 1.54) is 12.8 Å². The highest BCUT2D eigenvalue weighted by Crippen LogP contribution is 2.26. The number of carbonyl (C=O) groups excluding carboxylic acids is 1. The maximum Gasteiger partial charge on any atom is 0.226 e. The number of benzene rings is 1. The van der Waals surface area contributed by atoms with Crippen molar-refractivity contribution in [3.05, 3.63) is 28.2 Å². The maximum absolute atomic E-state index is 12.9. The van der Waals surface area contributed by atoms with E-state index in [9.17, 15) is 9.90 Å². The highest BCUT2D eigenvalue weighted by atomic mass is 79.9. The topological polar surface area (TPSA) is 43.8 Å². The van der Waals surface area contributed by atoms with Crippen LogP contribution < -0.4 is 0 Å². The lowest BCUT2D eigenvalue weighted by Gasteiger charge is -2.35. The lowest BCUT2D eigenvalue weighted by atomic mass is 9.96. The van der Waals surface area contributed by atoms with Crippen LogP contribution in [0, 0.1) is 5.92 Å². The third-order valence-electron chi connectivity index (χ3n) is 5.21. The molecule has 0 saturated carbocycles. The van der Waals surface area contributed by atoms with Crippen molar-refractivity contribution in [1.29, 1.82) is 0 Å². The Labute approximate surface area is 153 Å². The van der Waals surface area contributed by atoms with Gasteiger partial charge in [-0.25, -0.2) is 0 Å². The summed E-state index contributed by atoms with van der Waals surface area (Å²) in [7, 11) is 0. The third-order valence-corrected chi connectivity index (χ3v) is 5.70. The Morgan fingerprint density at radius 2 is 1.88 bits per heavy atom. The molecule has 3 rings (SSSR count). The summed E-state index contributed by atoms with van der Waals surface area (Å²) < 4.78 is 0.976. The normalized spacial score (nSPS) is 23.0. The van der Waals surface area contributed by atoms with Gasteiger partial charge in [0.1, 0.15) is 5.75 Å². The number of halogens is 1. The predicted octanol–water partition coefficient (Wildman–Crippen LogP) is 3.77. The minimum absolute atomic E-state index is 0.117. The Kier molecular flexibility index (Phi) is 6.17. The van der Waals surface area contributed by atoms with E-state index in [1.807, 2.05) is 12.1 Å². The first kappa shape index (κ1) is 17.7. The molecule has 4 nitrogen and oxygen atoms in total. The monoisotopic (exact) mass is 394 g/mol. The molecule has 0 unspecified atom stereocenters. The van der Waals surface area contributed by atoms with E-state index in [2.05, 4.69) is 25.7 Å². The zero-order valence-corrected chi connectivity index (χ0v) is 15.8. The number of phenolic OH excluding ortho intramolecular Hbond substituents is 1. The number of piperidine rings is 1. The molecule has 2 aliphatic heterocycles. The Morgan fingerprint density at radius 1 is 1.12 bits per heavy atom. The first-order valence-corrected chi connectivity index (χ1v) is 9.91. The highest BCUT2D eigenvalue weighted by molar-refractivity contribution is 9.10. The van der Waals surface area contributed by atoms with Crippen LogP contribution >= 0.6 is 15.9 Å². The van der Waals surface area contributed by atoms with Crippen molar-refractivity contribution >= 4 is 21.8 Å². The van der Waals surface area contributed by atoms with E-state index in [0.29, 0.717) is 18.2 Å². The number of amides is 1. The lowest BCUT2D eigenvalue weighted by molar-refractivity contribution is -0.137. The summed E-state index contributed by atoms with van der Waals surface area (Å²) in [6.07, 6.45) is 6.85. The Hall–Kier alpha value is -1.07. The van der Waals surface area contributed by atoms with Crippen LogP contribution in [0.3, 0.4) is 0 Å². The van der Waals surface area contributed by atoms with Gasteiger partial charge in [0.25, 0.3) is 0 Å². The number of carbonyl (C=O) groups is 1. The van der Waals surface area contributed by atoms with E-state index < -0.39 is 0 Å². The molecule has 0 bridgehead atoms. The van der Waals surface area contributed by atoms with Crippen molar-refractivity contribution in [3.8, 4) is 5.75 Å². The van der Waals surface area contributed by atoms with Gasteiger partial charge in [0.2, 0.25) is 5.91 Å². The number of aromatic hydroxyl groups is 1. The van der Waals surface area contributed by atoms with Crippen LogP contribution in [0.2, 0.25) is 0 Å². The molecule has 1 aromatic carbocycles. The fourth-order valence-corrected chi connectivity index (χ4v) is 4.28. The molecule has 132 valence electrons. The van der Waals surface area contributed by atoms with Crippen LogP contribution in [0.1, 0.15) is 44.1 Å². The molecule has 24 heavy (non-hydrogen) atoms. The molecule has 0 aliphatic carbocycles. The van der Waals surface area contributed by atoms with Gasteiger partial charge in [0, 0.05) is 36.2 Å². The zero-order chi connectivity index (χ0) is 16.9. The first-order chi connectivity index (χ1) is 11.6. The van der Waals surface area contributed by atoms with Crippen molar-refractivity contribution < 1.29 is 9.90 Å². The summed E-state index contributed by atoms with van der Waals surface area (Å²) in [5.41, 5.74) is 0.923. The molecule has 2 heterocycles. The average molecular weight is 395 g/mol. The van der Waals surface area contributed by atoms with E-state index in [1.54, 1.807) is 6.07 Å². The fourth-order valence-electron chi connectivity index (χ4n) is 3.87. The smallest absolute Gasteiger partial charge is 0.226 e. The largest absolute Gasteiger partial charge is 0.508 e. The molecule has 0 radical (unpaired) electrons. The van der Waals surface area contributed by atoms with Crippen LogP contribution in [-0.4, -0.2) is 47.0 Å². The minimum atomic E-state index is 0.117. The van der Waals surface area contributed by atoms with Crippen molar-refractivity contribution in [1.82, 2.24) is 9.80 Å². The lowest BCUT2D eigenvalue weighted by Crippen LogP contribution is -2.44. The molecule has 2 aliphatic rings. The number of rotatable bonds is 3. The van der Waals surface area contributed by atoms with Crippen molar-refractivity contribution in [2.75, 3.05) is 26.2 Å². The zero-order valence-electron chi connectivity index (χ0n) is 14.2. The summed E-state index contributed by atoms with van der Waals surface area (Å²) >= 11 is 3.47. The van der Waals surface area contributed by atoms with Gasteiger partial charge in [-0.1, -0.05) is 28.8 Å². The SMILES string of the molecule is O=C([C@@H]1CCCN(Cc2cc(Br)ccc2O)C1)N1CCCCCC1. The van der Waals surface area contributed by atoms with Crippen LogP contribution in [0.4, 0.5) is 0 Å². The van der Waals surface area contributed by atoms with Gasteiger partial charge in [-0.2, -0.15) is 0 Å². The predicted molar refractivity (Wildman–Crippen MR) is 98.9 cm³/mol. The van der Waals surface area contributed by atoms with Crippen molar-refractivity contribution in [3.63, 3.8) is 0 Å². The fraction of sp³-hybridized carbons (Fsp3) is 0.632. The number of likely N-dealkylation sites (tertiary alicyclic amines) is 2. The Bertz CT molecular complexity index is 570. The van der Waals surface area contributed by atoms with Gasteiger partial charge in [-0.05, 0) is 50.4 Å². The van der Waals surface area contributed by atoms with Crippen molar-refractivity contribution in [2.45, 2.75) is 45.1 Å². The van der Waals surface area contributed by atoms with Gasteiger partial charge in [-0.3, -0.25) is 9.69 Å². The van der Waals surface area contributed by atoms with Gasteiger partial charge in [-0.15, -0.1) is 0 Å². The van der Waals surface area contributed by atoms with Gasteiger partial charge in [0.05, 0.1) is 5.92 Å². The Balaban J connectivity index is 1.61. The summed E-state index contributed by atoms with van der Waals surface area (Å²) in [6, 6.07) is 5.54. The van der Waals surface area contributed by atoms with E-state index >= 15 is 0 Å². The summed E-state index contributed by atoms with van der Waals surface area (Å²) in [6.45, 7) is 4.37. The molecule has 0 spiro atoms. The molecular formula is C19H27BrN2O2. The molecule has 1 atom stereocenters. The van der Waals surface area contributed by atoms with E-state index in [0.717, 1.165) is 61.9 Å². The molecule has 0 aromatic heterocycles. The number of phenols is 1. The summed E-state index contributed by atoms with van der Waals surface area (Å²) in [5.74, 6) is 0.797. The molecule has 1 amide bonds. The number of hydrogen-bond donors (Lipinski definition) is 1. The first-order valence-electron chi connectivity index (χ1n) is 9.12. The number of hydrogen-bond acceptors (Lipinski definition) is 3. The minimum Gasteiger partial charge on any atom is -0.508 e. The van der Waals surface area contributed by atoms with Crippen LogP contribution in [0.15, 0.2) is 22.7 Å². The van der Waals surface area contributed by atoms with Crippen molar-refractivity contribution in [2.24, 2.45) is 5.92 Å². The third kappa shape index (κ3) is 4.51. The maximum atomic E-state index is 12.9. The molecule has 1 N–H and O–H groups in total. The highest BCUT2D eigenvalue weighted by Gasteiger charge is 2.29. The quantitative estimate of drug-likeness (QED) is 0.848. The second-order valence-electron chi connectivity index (χ2n) is 7.09. The van der Waals surface area contributed by atoms with E-state index in [-0.39, 0.29) is 5.92 Å². The second-order valence-corrected chi connectivity index (χ2v) is 8.00. The molecule has 5 heteroatoms. The van der Waals surface area contributed by atoms with Crippen LogP contribution in [0.5, 0.6) is 5.75 Å². The standard InChI is InChI=1S/C19H27BrN2O2/c20-17-7-8-18(23)16(12-17)14-21-9-5-6-15(13-21)19(24)22-10-3-1-2-4-11-22/h7-8,12,15,23H,1-6,9-11,13-14H2/t15-/m1/s1. The summed E-state index contributed by atoms with van der Waals surface area (Å²) in [4.78, 5) is 17.3. The average Bonchev–Trinajstić information content (AvgIpc) is 2.87. The van der Waals surface area contributed by atoms with Gasteiger partial charge < -0.3 is 10.0 Å². The summed E-state index contributed by atoms with van der Waals surface area (Å²) in [5, 5.41) is 10.1. The van der Waals surface area contributed by atoms with Gasteiger partial charge >= 0.3 is 0 Å². The molecule has 2 fully saturated rings. The molecule has 1 aromatic rings. The van der Waals surface area contributed by atoms with Crippen LogP contribution in [-0.2, 0) is 11.3 Å². The molecule has 2 saturated heterocycles. The second kappa shape index (κ2) is 8.34.